The number of aryl methyl sites for hydroxylation is 1. The molecule has 0 radical (unpaired) electrons. The van der Waals surface area contributed by atoms with Crippen molar-refractivity contribution >= 4 is 16.9 Å². The van der Waals surface area contributed by atoms with E-state index in [1.165, 1.54) is 6.07 Å². The largest absolute Gasteiger partial charge is 0.480 e. The van der Waals surface area contributed by atoms with E-state index in [1.807, 2.05) is 19.1 Å². The van der Waals surface area contributed by atoms with Gasteiger partial charge in [-0.15, -0.1) is 6.42 Å². The number of benzene rings is 1. The van der Waals surface area contributed by atoms with Gasteiger partial charge >= 0.3 is 11.6 Å². The number of fused-ring (bicyclic) bond motifs is 1. The zero-order valence-electron chi connectivity index (χ0n) is 11.6. The van der Waals surface area contributed by atoms with E-state index >= 15 is 0 Å². The summed E-state index contributed by atoms with van der Waals surface area (Å²) in [5.74, 6) is 1.46. The minimum atomic E-state index is -0.964. The van der Waals surface area contributed by atoms with E-state index in [4.69, 9.17) is 15.9 Å². The molecular formula is C16H15NO4. The molecule has 2 aromatic rings. The van der Waals surface area contributed by atoms with Gasteiger partial charge in [0.1, 0.15) is 5.58 Å². The highest BCUT2D eigenvalue weighted by Crippen LogP contribution is 2.19. The molecule has 0 bridgehead atoms. The number of nitrogens with zero attached hydrogens (tertiary/aromatic N) is 1. The fourth-order valence-electron chi connectivity index (χ4n) is 2.20. The smallest absolute Gasteiger partial charge is 0.336 e. The minimum absolute atomic E-state index is 0.183. The van der Waals surface area contributed by atoms with Crippen LogP contribution in [0.3, 0.4) is 0 Å². The second kappa shape index (κ2) is 6.25. The van der Waals surface area contributed by atoms with E-state index in [-0.39, 0.29) is 19.6 Å². The van der Waals surface area contributed by atoms with Gasteiger partial charge in [0.05, 0.1) is 13.1 Å². The Kier molecular flexibility index (Phi) is 4.41. The van der Waals surface area contributed by atoms with Gasteiger partial charge in [-0.1, -0.05) is 18.1 Å². The molecule has 1 aromatic carbocycles. The quantitative estimate of drug-likeness (QED) is 0.667. The maximum absolute atomic E-state index is 11.6. The van der Waals surface area contributed by atoms with E-state index < -0.39 is 11.6 Å². The number of terminal acetylenes is 1. The van der Waals surface area contributed by atoms with Gasteiger partial charge in [0.15, 0.2) is 0 Å². The second-order valence-corrected chi connectivity index (χ2v) is 4.83. The van der Waals surface area contributed by atoms with Gasteiger partial charge in [-0.05, 0) is 24.1 Å². The first kappa shape index (κ1) is 14.8. The third-order valence-electron chi connectivity index (χ3n) is 3.05. The van der Waals surface area contributed by atoms with Crippen molar-refractivity contribution in [1.29, 1.82) is 0 Å². The molecule has 0 saturated heterocycles. The van der Waals surface area contributed by atoms with Crippen LogP contribution < -0.4 is 5.63 Å². The molecule has 0 aliphatic carbocycles. The second-order valence-electron chi connectivity index (χ2n) is 4.83. The van der Waals surface area contributed by atoms with Crippen molar-refractivity contribution in [3.8, 4) is 12.3 Å². The maximum atomic E-state index is 11.6. The summed E-state index contributed by atoms with van der Waals surface area (Å²) in [7, 11) is 0. The van der Waals surface area contributed by atoms with Crippen molar-refractivity contribution in [2.24, 2.45) is 0 Å². The lowest BCUT2D eigenvalue weighted by molar-refractivity contribution is -0.138. The van der Waals surface area contributed by atoms with Gasteiger partial charge in [-0.25, -0.2) is 4.79 Å². The SMILES string of the molecule is C#CCN(CC(=O)O)Cc1cc(=O)oc2cc(C)ccc12. The van der Waals surface area contributed by atoms with Crippen LogP contribution in [-0.4, -0.2) is 29.1 Å². The van der Waals surface area contributed by atoms with Crippen molar-refractivity contribution in [3.63, 3.8) is 0 Å². The summed E-state index contributed by atoms with van der Waals surface area (Å²) in [4.78, 5) is 24.1. The van der Waals surface area contributed by atoms with Crippen LogP contribution in [0.2, 0.25) is 0 Å². The van der Waals surface area contributed by atoms with Crippen molar-refractivity contribution in [2.75, 3.05) is 13.1 Å². The fourth-order valence-corrected chi connectivity index (χ4v) is 2.20. The Morgan fingerprint density at radius 2 is 2.19 bits per heavy atom. The highest BCUT2D eigenvalue weighted by molar-refractivity contribution is 5.80. The van der Waals surface area contributed by atoms with Crippen LogP contribution in [0.4, 0.5) is 0 Å². The lowest BCUT2D eigenvalue weighted by Crippen LogP contribution is -2.30. The predicted molar refractivity (Wildman–Crippen MR) is 79.0 cm³/mol. The summed E-state index contributed by atoms with van der Waals surface area (Å²) in [6, 6.07) is 6.93. The Hall–Kier alpha value is -2.58. The van der Waals surface area contributed by atoms with Crippen molar-refractivity contribution in [1.82, 2.24) is 4.90 Å². The topological polar surface area (TPSA) is 70.8 Å². The molecule has 0 spiro atoms. The summed E-state index contributed by atoms with van der Waals surface area (Å²) in [5, 5.41) is 9.69. The summed E-state index contributed by atoms with van der Waals surface area (Å²) >= 11 is 0. The molecule has 0 fully saturated rings. The summed E-state index contributed by atoms with van der Waals surface area (Å²) in [6.45, 7) is 2.19. The highest BCUT2D eigenvalue weighted by atomic mass is 16.4. The minimum Gasteiger partial charge on any atom is -0.480 e. The summed E-state index contributed by atoms with van der Waals surface area (Å²) in [6.07, 6.45) is 5.26. The van der Waals surface area contributed by atoms with Crippen LogP contribution in [0.25, 0.3) is 11.0 Å². The monoisotopic (exact) mass is 285 g/mol. The molecule has 0 atom stereocenters. The van der Waals surface area contributed by atoms with Gasteiger partial charge in [0.2, 0.25) is 0 Å². The van der Waals surface area contributed by atoms with Gasteiger partial charge < -0.3 is 9.52 Å². The number of carboxylic acid groups (broad SMARTS) is 1. The Morgan fingerprint density at radius 1 is 1.43 bits per heavy atom. The molecule has 0 saturated carbocycles. The number of aliphatic carboxylic acids is 1. The van der Waals surface area contributed by atoms with Crippen molar-refractivity contribution in [2.45, 2.75) is 13.5 Å². The molecule has 21 heavy (non-hydrogen) atoms. The van der Waals surface area contributed by atoms with Crippen molar-refractivity contribution in [3.05, 3.63) is 45.8 Å². The van der Waals surface area contributed by atoms with Crippen LogP contribution in [0.5, 0.6) is 0 Å². The number of hydrogen-bond donors (Lipinski definition) is 1. The summed E-state index contributed by atoms with van der Waals surface area (Å²) < 4.78 is 5.18. The zero-order chi connectivity index (χ0) is 15.4. The molecule has 1 N–H and O–H groups in total. The molecular weight excluding hydrogens is 270 g/mol. The predicted octanol–water partition coefficient (Wildman–Crippen LogP) is 1.62. The van der Waals surface area contributed by atoms with Crippen LogP contribution >= 0.6 is 0 Å². The molecule has 1 heterocycles. The average Bonchev–Trinajstić information content (AvgIpc) is 2.37. The normalized spacial score (nSPS) is 10.7. The van der Waals surface area contributed by atoms with E-state index in [9.17, 15) is 9.59 Å². The Bertz CT molecular complexity index is 770. The fraction of sp³-hybridized carbons (Fsp3) is 0.250. The number of hydrogen-bond acceptors (Lipinski definition) is 4. The average molecular weight is 285 g/mol. The third kappa shape index (κ3) is 3.71. The Balaban J connectivity index is 2.43. The van der Waals surface area contributed by atoms with Crippen LogP contribution in [-0.2, 0) is 11.3 Å². The standard InChI is InChI=1S/C16H15NO4/c1-3-6-17(10-15(18)19)9-12-8-16(20)21-14-7-11(2)4-5-13(12)14/h1,4-5,7-8H,6,9-10H2,2H3,(H,18,19). The molecule has 0 aliphatic rings. The molecule has 0 amide bonds. The van der Waals surface area contributed by atoms with E-state index in [2.05, 4.69) is 5.92 Å². The number of rotatable bonds is 5. The lowest BCUT2D eigenvalue weighted by atomic mass is 10.1. The molecule has 1 aromatic heterocycles. The molecule has 0 aliphatic heterocycles. The first-order valence-electron chi connectivity index (χ1n) is 6.40. The highest BCUT2D eigenvalue weighted by Gasteiger charge is 2.13. The van der Waals surface area contributed by atoms with Gasteiger partial charge in [-0.2, -0.15) is 0 Å². The molecule has 108 valence electrons. The van der Waals surface area contributed by atoms with Crippen LogP contribution in [0, 0.1) is 19.3 Å². The molecule has 5 heteroatoms. The van der Waals surface area contributed by atoms with Gasteiger partial charge in [0.25, 0.3) is 0 Å². The Morgan fingerprint density at radius 3 is 2.86 bits per heavy atom. The van der Waals surface area contributed by atoms with E-state index in [0.29, 0.717) is 11.1 Å². The number of carboxylic acids is 1. The van der Waals surface area contributed by atoms with Crippen LogP contribution in [0.15, 0.2) is 33.5 Å². The van der Waals surface area contributed by atoms with Gasteiger partial charge in [-0.3, -0.25) is 9.69 Å². The van der Waals surface area contributed by atoms with E-state index in [0.717, 1.165) is 10.9 Å². The van der Waals surface area contributed by atoms with Gasteiger partial charge in [0, 0.05) is 18.0 Å². The molecule has 0 unspecified atom stereocenters. The van der Waals surface area contributed by atoms with Crippen LogP contribution in [0.1, 0.15) is 11.1 Å². The van der Waals surface area contributed by atoms with Crippen molar-refractivity contribution < 1.29 is 14.3 Å². The lowest BCUT2D eigenvalue weighted by Gasteiger charge is -2.18. The zero-order valence-corrected chi connectivity index (χ0v) is 11.6. The third-order valence-corrected chi connectivity index (χ3v) is 3.05. The Labute approximate surface area is 121 Å². The number of carbonyl (C=O) groups is 1. The maximum Gasteiger partial charge on any atom is 0.336 e. The molecule has 5 nitrogen and oxygen atoms in total. The first-order chi connectivity index (χ1) is 9.99. The molecule has 2 rings (SSSR count). The summed E-state index contributed by atoms with van der Waals surface area (Å²) in [5.41, 5.74) is 1.72. The first-order valence-corrected chi connectivity index (χ1v) is 6.40. The van der Waals surface area contributed by atoms with E-state index in [1.54, 1.807) is 11.0 Å².